The van der Waals surface area contributed by atoms with E-state index in [1.54, 1.807) is 12.1 Å². The van der Waals surface area contributed by atoms with Gasteiger partial charge in [0.15, 0.2) is 6.29 Å². The molecule has 15 heavy (non-hydrogen) atoms. The van der Waals surface area contributed by atoms with Crippen molar-refractivity contribution in [1.82, 2.24) is 10.2 Å². The number of carbonyl (C=O) groups is 1. The van der Waals surface area contributed by atoms with Crippen molar-refractivity contribution in [2.45, 2.75) is 6.42 Å². The molecular formula is C11H9FN2O. The van der Waals surface area contributed by atoms with Gasteiger partial charge in [0.25, 0.3) is 0 Å². The van der Waals surface area contributed by atoms with Crippen LogP contribution in [0.4, 0.5) is 4.39 Å². The van der Waals surface area contributed by atoms with Gasteiger partial charge in [-0.25, -0.2) is 4.39 Å². The fraction of sp³-hybridized carbons (Fsp3) is 0.0909. The van der Waals surface area contributed by atoms with E-state index in [-0.39, 0.29) is 5.82 Å². The Morgan fingerprint density at radius 1 is 1.33 bits per heavy atom. The van der Waals surface area contributed by atoms with Gasteiger partial charge in [-0.3, -0.25) is 9.89 Å². The fourth-order valence-electron chi connectivity index (χ4n) is 1.37. The average molecular weight is 204 g/mol. The third-order valence-corrected chi connectivity index (χ3v) is 2.17. The summed E-state index contributed by atoms with van der Waals surface area (Å²) in [4.78, 5) is 10.6. The number of hydrogen-bond acceptors (Lipinski definition) is 2. The molecule has 0 aliphatic heterocycles. The minimum absolute atomic E-state index is 0.265. The summed E-state index contributed by atoms with van der Waals surface area (Å²) < 4.78 is 12.6. The number of aromatic nitrogens is 2. The summed E-state index contributed by atoms with van der Waals surface area (Å²) in [7, 11) is 0. The molecule has 0 saturated heterocycles. The Labute approximate surface area is 85.9 Å². The smallest absolute Gasteiger partial charge is 0.153 e. The molecule has 0 spiro atoms. The summed E-state index contributed by atoms with van der Waals surface area (Å²) in [6.45, 7) is 0. The zero-order valence-electron chi connectivity index (χ0n) is 7.90. The molecule has 3 nitrogen and oxygen atoms in total. The van der Waals surface area contributed by atoms with Crippen LogP contribution < -0.4 is 0 Å². The normalized spacial score (nSPS) is 10.2. The molecule has 1 aromatic heterocycles. The molecule has 0 aliphatic carbocycles. The second kappa shape index (κ2) is 4.04. The Bertz CT molecular complexity index is 462. The maximum absolute atomic E-state index is 12.6. The zero-order valence-corrected chi connectivity index (χ0v) is 7.90. The van der Waals surface area contributed by atoms with Gasteiger partial charge in [-0.1, -0.05) is 12.1 Å². The van der Waals surface area contributed by atoms with Gasteiger partial charge in [0.2, 0.25) is 0 Å². The van der Waals surface area contributed by atoms with Gasteiger partial charge in [-0.05, 0) is 17.7 Å². The molecule has 0 amide bonds. The fourth-order valence-corrected chi connectivity index (χ4v) is 1.37. The maximum atomic E-state index is 12.6. The van der Waals surface area contributed by atoms with Crippen molar-refractivity contribution in [1.29, 1.82) is 0 Å². The van der Waals surface area contributed by atoms with Gasteiger partial charge >= 0.3 is 0 Å². The van der Waals surface area contributed by atoms with E-state index in [2.05, 4.69) is 10.2 Å². The summed E-state index contributed by atoms with van der Waals surface area (Å²) in [5.74, 6) is -0.265. The average Bonchev–Trinajstić information content (AvgIpc) is 2.69. The van der Waals surface area contributed by atoms with Crippen molar-refractivity contribution < 1.29 is 9.18 Å². The van der Waals surface area contributed by atoms with Gasteiger partial charge < -0.3 is 0 Å². The number of carbonyl (C=O) groups excluding carboxylic acids is 1. The van der Waals surface area contributed by atoms with Gasteiger partial charge in [0, 0.05) is 6.42 Å². The Balaban J connectivity index is 2.21. The minimum Gasteiger partial charge on any atom is -0.298 e. The van der Waals surface area contributed by atoms with Gasteiger partial charge in [0.05, 0.1) is 17.5 Å². The molecule has 0 fully saturated rings. The zero-order chi connectivity index (χ0) is 10.7. The van der Waals surface area contributed by atoms with Crippen LogP contribution in [0.25, 0.3) is 0 Å². The SMILES string of the molecule is O=Cc1cn[nH]c1Cc1ccc(F)cc1. The van der Waals surface area contributed by atoms with Gasteiger partial charge in [-0.2, -0.15) is 5.10 Å². The predicted octanol–water partition coefficient (Wildman–Crippen LogP) is 1.95. The number of halogens is 1. The molecule has 0 unspecified atom stereocenters. The quantitative estimate of drug-likeness (QED) is 0.777. The van der Waals surface area contributed by atoms with Crippen molar-refractivity contribution >= 4 is 6.29 Å². The van der Waals surface area contributed by atoms with Crippen LogP contribution in [0.15, 0.2) is 30.5 Å². The number of rotatable bonds is 3. The molecule has 1 aromatic carbocycles. The number of hydrogen-bond donors (Lipinski definition) is 1. The Morgan fingerprint density at radius 3 is 2.73 bits per heavy atom. The minimum atomic E-state index is -0.265. The lowest BCUT2D eigenvalue weighted by atomic mass is 10.1. The molecule has 0 atom stereocenters. The van der Waals surface area contributed by atoms with Crippen molar-refractivity contribution in [3.05, 3.63) is 53.1 Å². The topological polar surface area (TPSA) is 45.8 Å². The first-order chi connectivity index (χ1) is 7.29. The van der Waals surface area contributed by atoms with E-state index >= 15 is 0 Å². The first kappa shape index (κ1) is 9.58. The molecule has 0 aliphatic rings. The number of H-pyrrole nitrogens is 1. The molecule has 2 aromatic rings. The highest BCUT2D eigenvalue weighted by Crippen LogP contribution is 2.10. The number of benzene rings is 1. The lowest BCUT2D eigenvalue weighted by Crippen LogP contribution is -1.93. The Morgan fingerprint density at radius 2 is 2.07 bits per heavy atom. The van der Waals surface area contributed by atoms with Crippen LogP contribution in [0.1, 0.15) is 21.6 Å². The molecule has 76 valence electrons. The van der Waals surface area contributed by atoms with Gasteiger partial charge in [0.1, 0.15) is 5.82 Å². The Hall–Kier alpha value is -1.97. The lowest BCUT2D eigenvalue weighted by Gasteiger charge is -1.99. The van der Waals surface area contributed by atoms with Crippen molar-refractivity contribution in [2.75, 3.05) is 0 Å². The summed E-state index contributed by atoms with van der Waals surface area (Å²) in [6.07, 6.45) is 2.78. The van der Waals surface area contributed by atoms with Gasteiger partial charge in [-0.15, -0.1) is 0 Å². The highest BCUT2D eigenvalue weighted by molar-refractivity contribution is 5.76. The predicted molar refractivity (Wildman–Crippen MR) is 53.2 cm³/mol. The van der Waals surface area contributed by atoms with Crippen molar-refractivity contribution in [2.24, 2.45) is 0 Å². The Kier molecular flexibility index (Phi) is 2.58. The third kappa shape index (κ3) is 2.10. The molecule has 0 radical (unpaired) electrons. The largest absolute Gasteiger partial charge is 0.298 e. The van der Waals surface area contributed by atoms with E-state index in [1.807, 2.05) is 0 Å². The van der Waals surface area contributed by atoms with Crippen LogP contribution in [0.3, 0.4) is 0 Å². The van der Waals surface area contributed by atoms with E-state index in [0.717, 1.165) is 17.5 Å². The number of nitrogens with zero attached hydrogens (tertiary/aromatic N) is 1. The second-order valence-corrected chi connectivity index (χ2v) is 3.22. The number of nitrogens with one attached hydrogen (secondary N) is 1. The third-order valence-electron chi connectivity index (χ3n) is 2.17. The highest BCUT2D eigenvalue weighted by atomic mass is 19.1. The summed E-state index contributed by atoms with van der Waals surface area (Å²) in [6, 6.07) is 6.16. The van der Waals surface area contributed by atoms with Crippen molar-refractivity contribution in [3.63, 3.8) is 0 Å². The molecule has 4 heteroatoms. The number of aromatic amines is 1. The molecule has 2 rings (SSSR count). The van der Waals surface area contributed by atoms with E-state index in [4.69, 9.17) is 0 Å². The molecule has 0 saturated carbocycles. The standard InChI is InChI=1S/C11H9FN2O/c12-10-3-1-8(2-4-10)5-11-9(7-15)6-13-14-11/h1-4,6-7H,5H2,(H,13,14). The molecule has 1 N–H and O–H groups in total. The summed E-state index contributed by atoms with van der Waals surface area (Å²) in [5, 5.41) is 6.52. The van der Waals surface area contributed by atoms with E-state index in [0.29, 0.717) is 12.0 Å². The summed E-state index contributed by atoms with van der Waals surface area (Å²) in [5.41, 5.74) is 2.22. The molecule has 1 heterocycles. The van der Waals surface area contributed by atoms with Crippen LogP contribution in [0.2, 0.25) is 0 Å². The first-order valence-corrected chi connectivity index (χ1v) is 4.51. The number of aldehydes is 1. The summed E-state index contributed by atoms with van der Waals surface area (Å²) >= 11 is 0. The highest BCUT2D eigenvalue weighted by Gasteiger charge is 2.04. The first-order valence-electron chi connectivity index (χ1n) is 4.51. The van der Waals surface area contributed by atoms with Crippen LogP contribution in [0, 0.1) is 5.82 Å². The lowest BCUT2D eigenvalue weighted by molar-refractivity contribution is 0.112. The molecule has 0 bridgehead atoms. The van der Waals surface area contributed by atoms with Crippen LogP contribution in [-0.4, -0.2) is 16.5 Å². The van der Waals surface area contributed by atoms with E-state index in [9.17, 15) is 9.18 Å². The van der Waals surface area contributed by atoms with Crippen LogP contribution in [0.5, 0.6) is 0 Å². The van der Waals surface area contributed by atoms with Crippen molar-refractivity contribution in [3.8, 4) is 0 Å². The maximum Gasteiger partial charge on any atom is 0.153 e. The van der Waals surface area contributed by atoms with E-state index < -0.39 is 0 Å². The molecular weight excluding hydrogens is 195 g/mol. The van der Waals surface area contributed by atoms with Crippen LogP contribution >= 0.6 is 0 Å². The second-order valence-electron chi connectivity index (χ2n) is 3.22. The monoisotopic (exact) mass is 204 g/mol. The van der Waals surface area contributed by atoms with Crippen LogP contribution in [-0.2, 0) is 6.42 Å². The van der Waals surface area contributed by atoms with E-state index in [1.165, 1.54) is 18.3 Å².